The van der Waals surface area contributed by atoms with Crippen LogP contribution >= 0.6 is 23.5 Å². The second-order valence-corrected chi connectivity index (χ2v) is 21.6. The Morgan fingerprint density at radius 1 is 0.818 bits per heavy atom. The fourth-order valence-electron chi connectivity index (χ4n) is 10.8. The zero-order valence-electron chi connectivity index (χ0n) is 40.6. The van der Waals surface area contributed by atoms with Crippen molar-refractivity contribution in [2.75, 3.05) is 44.5 Å². The Hall–Kier alpha value is -2.47. The van der Waals surface area contributed by atoms with Gasteiger partial charge in [-0.05, 0) is 98.4 Å². The van der Waals surface area contributed by atoms with Gasteiger partial charge in [0.05, 0.1) is 36.7 Å². The van der Waals surface area contributed by atoms with Crippen molar-refractivity contribution in [2.45, 2.75) is 189 Å². The van der Waals surface area contributed by atoms with E-state index in [1.807, 2.05) is 23.9 Å². The standard InChI is InChI=1S/C56H85NO7S2/c1-3-5-6-7-8-9-10-11-12-13-14-15-16-26-39-66-52-43-50(57-64-53-31-22-25-37-61-53)48-41-44(27-20-23-34-58)47(30-21-24-35-59)54-49-42-45(60-38-40-65-46-28-18-17-19-29-46)32-33-51(49)63-56(52,55(48)54)62-36-4-2/h4,17-19,28-29,32-33,41-42,44,47,52-55,58-59H,2-3,5-16,20-27,30-31,34-40,43H2,1H3. The molecule has 2 aromatic rings. The van der Waals surface area contributed by atoms with Crippen LogP contribution in [-0.2, 0) is 14.3 Å². The van der Waals surface area contributed by atoms with Crippen LogP contribution in [0.3, 0.4) is 0 Å². The van der Waals surface area contributed by atoms with E-state index < -0.39 is 5.79 Å². The molecule has 2 aliphatic carbocycles. The molecule has 6 rings (SSSR count). The van der Waals surface area contributed by atoms with Gasteiger partial charge < -0.3 is 34.0 Å². The number of hydrogen-bond acceptors (Lipinski definition) is 10. The number of unbranched alkanes of at least 4 members (excludes halogenated alkanes) is 15. The molecule has 2 fully saturated rings. The van der Waals surface area contributed by atoms with Gasteiger partial charge in [0.2, 0.25) is 12.1 Å². The van der Waals surface area contributed by atoms with E-state index >= 15 is 0 Å². The number of hydrogen-bond donors (Lipinski definition) is 2. The quantitative estimate of drug-likeness (QED) is 0.0308. The van der Waals surface area contributed by atoms with Gasteiger partial charge in [0.25, 0.3) is 0 Å². The maximum atomic E-state index is 10.0. The third-order valence-corrected chi connectivity index (χ3v) is 16.6. The summed E-state index contributed by atoms with van der Waals surface area (Å²) in [5.74, 6) is 2.98. The highest BCUT2D eigenvalue weighted by Crippen LogP contribution is 2.62. The number of aliphatic hydroxyl groups excluding tert-OH is 2. The van der Waals surface area contributed by atoms with Crippen molar-refractivity contribution in [3.05, 3.63) is 78.4 Å². The van der Waals surface area contributed by atoms with E-state index in [2.05, 4.69) is 62.0 Å². The summed E-state index contributed by atoms with van der Waals surface area (Å²) in [6, 6.07) is 16.9. The van der Waals surface area contributed by atoms with Crippen LogP contribution in [0.2, 0.25) is 0 Å². The van der Waals surface area contributed by atoms with E-state index in [1.165, 1.54) is 88.4 Å². The highest BCUT2D eigenvalue weighted by molar-refractivity contribution is 8.00. The first kappa shape index (κ1) is 52.9. The summed E-state index contributed by atoms with van der Waals surface area (Å²) in [5, 5.41) is 25.0. The fourth-order valence-corrected chi connectivity index (χ4v) is 13.0. The van der Waals surface area contributed by atoms with E-state index in [0.29, 0.717) is 26.2 Å². The molecule has 0 spiro atoms. The largest absolute Gasteiger partial charge is 0.493 e. The number of nitrogens with zero attached hydrogens (tertiary/aromatic N) is 1. The van der Waals surface area contributed by atoms with Crippen LogP contribution in [0.4, 0.5) is 0 Å². The lowest BCUT2D eigenvalue weighted by Gasteiger charge is -2.58. The molecule has 66 heavy (non-hydrogen) atoms. The highest BCUT2D eigenvalue weighted by Gasteiger charge is 2.64. The van der Waals surface area contributed by atoms with Crippen molar-refractivity contribution < 1.29 is 34.0 Å². The lowest BCUT2D eigenvalue weighted by atomic mass is 9.56. The number of allylic oxidation sites excluding steroid dienone is 1. The molecule has 2 heterocycles. The first-order chi connectivity index (χ1) is 32.6. The fraction of sp³-hybridized carbons (Fsp3) is 0.696. The monoisotopic (exact) mass is 948 g/mol. The minimum atomic E-state index is -0.960. The van der Waals surface area contributed by atoms with Gasteiger partial charge in [-0.25, -0.2) is 0 Å². The van der Waals surface area contributed by atoms with E-state index in [-0.39, 0.29) is 48.4 Å². The maximum Gasteiger partial charge on any atom is 0.230 e. The van der Waals surface area contributed by atoms with Gasteiger partial charge in [0.15, 0.2) is 0 Å². The molecule has 0 radical (unpaired) electrons. The summed E-state index contributed by atoms with van der Waals surface area (Å²) in [7, 11) is 0. The molecule has 1 saturated heterocycles. The summed E-state index contributed by atoms with van der Waals surface area (Å²) in [4.78, 5) is 7.57. The molecule has 0 bridgehead atoms. The number of aliphatic hydroxyl groups is 2. The Morgan fingerprint density at radius 2 is 1.53 bits per heavy atom. The number of thioether (sulfide) groups is 2. The van der Waals surface area contributed by atoms with Gasteiger partial charge in [-0.15, -0.1) is 18.3 Å². The number of benzene rings is 2. The first-order valence-corrected chi connectivity index (χ1v) is 28.4. The lowest BCUT2D eigenvalue weighted by Crippen LogP contribution is -2.64. The molecule has 4 aliphatic rings. The summed E-state index contributed by atoms with van der Waals surface area (Å²) in [6.07, 6.45) is 31.8. The van der Waals surface area contributed by atoms with Gasteiger partial charge in [-0.2, -0.15) is 11.8 Å². The Morgan fingerprint density at radius 3 is 2.21 bits per heavy atom. The zero-order chi connectivity index (χ0) is 46.1. The van der Waals surface area contributed by atoms with Crippen LogP contribution in [0.1, 0.15) is 173 Å². The third kappa shape index (κ3) is 15.8. The topological polar surface area (TPSA) is 99.0 Å². The Labute approximate surface area is 407 Å². The molecule has 10 heteroatoms. The van der Waals surface area contributed by atoms with E-state index in [0.717, 1.165) is 104 Å². The highest BCUT2D eigenvalue weighted by atomic mass is 32.2. The van der Waals surface area contributed by atoms with Crippen LogP contribution in [0.5, 0.6) is 11.5 Å². The van der Waals surface area contributed by atoms with Crippen molar-refractivity contribution in [1.82, 2.24) is 0 Å². The molecular weight excluding hydrogens is 863 g/mol. The van der Waals surface area contributed by atoms with Crippen LogP contribution < -0.4 is 9.47 Å². The molecular formula is C56H85NO7S2. The molecule has 7 atom stereocenters. The van der Waals surface area contributed by atoms with Gasteiger partial charge in [0.1, 0.15) is 11.5 Å². The number of rotatable bonds is 34. The van der Waals surface area contributed by atoms with Gasteiger partial charge >= 0.3 is 0 Å². The predicted molar refractivity (Wildman–Crippen MR) is 275 cm³/mol. The molecule has 1 saturated carbocycles. The van der Waals surface area contributed by atoms with Gasteiger partial charge in [-0.1, -0.05) is 139 Å². The number of fused-ring (bicyclic) bond motifs is 2. The van der Waals surface area contributed by atoms with Crippen molar-refractivity contribution in [1.29, 1.82) is 0 Å². The van der Waals surface area contributed by atoms with Crippen molar-refractivity contribution in [3.8, 4) is 11.5 Å². The third-order valence-electron chi connectivity index (χ3n) is 14.2. The lowest BCUT2D eigenvalue weighted by molar-refractivity contribution is -0.223. The average Bonchev–Trinajstić information content (AvgIpc) is 3.35. The van der Waals surface area contributed by atoms with Crippen molar-refractivity contribution >= 4 is 29.2 Å². The number of ether oxygens (including phenoxy) is 4. The second kappa shape index (κ2) is 30.2. The minimum Gasteiger partial charge on any atom is -0.493 e. The molecule has 8 nitrogen and oxygen atoms in total. The van der Waals surface area contributed by atoms with Crippen molar-refractivity contribution in [2.24, 2.45) is 22.9 Å². The molecule has 2 aliphatic heterocycles. The summed E-state index contributed by atoms with van der Waals surface area (Å²) < 4.78 is 27.2. The SMILES string of the molecule is C=CCOC12Oc3ccc(OCCSc4ccccc4)cc3C3C(CCCCO)C(CCCCO)C=C(C(=NOC4CCCCO4)CC1SCCCCCCCCCCCCCCCC)C32. The predicted octanol–water partition coefficient (Wildman–Crippen LogP) is 14.2. The number of oxime groups is 1. The maximum absolute atomic E-state index is 10.0. The van der Waals surface area contributed by atoms with Crippen molar-refractivity contribution in [3.63, 3.8) is 0 Å². The molecule has 2 N–H and O–H groups in total. The van der Waals surface area contributed by atoms with Crippen LogP contribution in [0.15, 0.2) is 82.9 Å². The molecule has 7 unspecified atom stereocenters. The first-order valence-electron chi connectivity index (χ1n) is 26.4. The van der Waals surface area contributed by atoms with E-state index in [1.54, 1.807) is 11.8 Å². The zero-order valence-corrected chi connectivity index (χ0v) is 42.2. The van der Waals surface area contributed by atoms with Crippen LogP contribution in [-0.4, -0.2) is 77.8 Å². The van der Waals surface area contributed by atoms with E-state index in [9.17, 15) is 10.2 Å². The van der Waals surface area contributed by atoms with Crippen LogP contribution in [0, 0.1) is 17.8 Å². The molecule has 368 valence electrons. The molecule has 2 aromatic carbocycles. The van der Waals surface area contributed by atoms with Gasteiger partial charge in [0, 0.05) is 48.2 Å². The average molecular weight is 948 g/mol. The normalized spacial score (nSPS) is 25.1. The second-order valence-electron chi connectivity index (χ2n) is 19.1. The minimum absolute atomic E-state index is 0.0400. The van der Waals surface area contributed by atoms with Crippen LogP contribution in [0.25, 0.3) is 0 Å². The smallest absolute Gasteiger partial charge is 0.230 e. The van der Waals surface area contributed by atoms with Gasteiger partial charge in [-0.3, -0.25) is 0 Å². The Bertz CT molecular complexity index is 1720. The Kier molecular flexibility index (Phi) is 24.2. The summed E-state index contributed by atoms with van der Waals surface area (Å²) in [6.45, 7) is 8.43. The molecule has 0 amide bonds. The summed E-state index contributed by atoms with van der Waals surface area (Å²) in [5.41, 5.74) is 3.30. The van der Waals surface area contributed by atoms with E-state index in [4.69, 9.17) is 28.9 Å². The summed E-state index contributed by atoms with van der Waals surface area (Å²) >= 11 is 3.79. The Balaban J connectivity index is 1.25. The molecule has 0 aromatic heterocycles.